The molecule has 0 spiro atoms. The van der Waals surface area contributed by atoms with Crippen LogP contribution in [0.25, 0.3) is 0 Å². The van der Waals surface area contributed by atoms with Crippen LogP contribution in [0.5, 0.6) is 0 Å². The summed E-state index contributed by atoms with van der Waals surface area (Å²) in [6.45, 7) is 9.60. The average Bonchev–Trinajstić information content (AvgIpc) is 2.33. The summed E-state index contributed by atoms with van der Waals surface area (Å²) in [6, 6.07) is 1.34. The van der Waals surface area contributed by atoms with Gasteiger partial charge in [-0.3, -0.25) is 4.90 Å². The second-order valence-corrected chi connectivity index (χ2v) is 3.28. The van der Waals surface area contributed by atoms with Gasteiger partial charge in [-0.2, -0.15) is 0 Å². The molecule has 0 bridgehead atoms. The van der Waals surface area contributed by atoms with Crippen LogP contribution in [-0.4, -0.2) is 23.5 Å². The molecule has 1 saturated heterocycles. The topological polar surface area (TPSA) is 3.24 Å². The second-order valence-electron chi connectivity index (χ2n) is 3.28. The van der Waals surface area contributed by atoms with Crippen LogP contribution in [0.15, 0.2) is 12.7 Å². The number of nitrogens with zero attached hydrogens (tertiary/aromatic N) is 1. The number of hydrogen-bond acceptors (Lipinski definition) is 1. The van der Waals surface area contributed by atoms with Gasteiger partial charge in [-0.25, -0.2) is 0 Å². The first-order valence-electron chi connectivity index (χ1n) is 4.14. The third kappa shape index (κ3) is 1.40. The molecular formula is C9H17N. The van der Waals surface area contributed by atoms with Gasteiger partial charge in [-0.15, -0.1) is 6.58 Å². The molecule has 1 aliphatic rings. The molecule has 0 aliphatic carbocycles. The lowest BCUT2D eigenvalue weighted by Crippen LogP contribution is -2.33. The SMILES string of the molecule is C=CC1CCCN1C(C)C. The summed E-state index contributed by atoms with van der Waals surface area (Å²) in [7, 11) is 0. The molecule has 58 valence electrons. The monoisotopic (exact) mass is 139 g/mol. The zero-order chi connectivity index (χ0) is 7.56. The Bertz CT molecular complexity index is 118. The van der Waals surface area contributed by atoms with E-state index < -0.39 is 0 Å². The molecule has 1 aliphatic heterocycles. The molecule has 0 amide bonds. The van der Waals surface area contributed by atoms with Gasteiger partial charge in [0.05, 0.1) is 0 Å². The van der Waals surface area contributed by atoms with E-state index in [0.29, 0.717) is 12.1 Å². The van der Waals surface area contributed by atoms with Crippen LogP contribution in [0.4, 0.5) is 0 Å². The quantitative estimate of drug-likeness (QED) is 0.529. The highest BCUT2D eigenvalue weighted by atomic mass is 15.2. The van der Waals surface area contributed by atoms with Gasteiger partial charge in [0.1, 0.15) is 0 Å². The normalized spacial score (nSPS) is 27.7. The minimum atomic E-state index is 0.653. The zero-order valence-electron chi connectivity index (χ0n) is 7.01. The summed E-state index contributed by atoms with van der Waals surface area (Å²) in [5, 5.41) is 0. The Morgan fingerprint density at radius 1 is 1.60 bits per heavy atom. The van der Waals surface area contributed by atoms with Crippen LogP contribution < -0.4 is 0 Å². The third-order valence-electron chi connectivity index (χ3n) is 2.28. The molecule has 1 fully saturated rings. The Hall–Kier alpha value is -0.300. The molecule has 1 unspecified atom stereocenters. The van der Waals surface area contributed by atoms with E-state index in [4.69, 9.17) is 0 Å². The smallest absolute Gasteiger partial charge is 0.0278 e. The maximum Gasteiger partial charge on any atom is 0.0278 e. The number of rotatable bonds is 2. The predicted octanol–water partition coefficient (Wildman–Crippen LogP) is 2.05. The van der Waals surface area contributed by atoms with Crippen molar-refractivity contribution in [2.75, 3.05) is 6.54 Å². The summed E-state index contributed by atoms with van der Waals surface area (Å²) in [5.74, 6) is 0. The van der Waals surface area contributed by atoms with Gasteiger partial charge in [0, 0.05) is 12.1 Å². The molecule has 0 N–H and O–H groups in total. The van der Waals surface area contributed by atoms with Gasteiger partial charge in [-0.05, 0) is 33.2 Å². The molecule has 1 heterocycles. The van der Waals surface area contributed by atoms with Crippen molar-refractivity contribution in [3.8, 4) is 0 Å². The minimum Gasteiger partial charge on any atom is -0.295 e. The maximum atomic E-state index is 3.83. The van der Waals surface area contributed by atoms with E-state index in [1.165, 1.54) is 19.4 Å². The average molecular weight is 139 g/mol. The second kappa shape index (κ2) is 3.20. The number of likely N-dealkylation sites (tertiary alicyclic amines) is 1. The van der Waals surface area contributed by atoms with Gasteiger partial charge < -0.3 is 0 Å². The highest BCUT2D eigenvalue weighted by molar-refractivity contribution is 4.93. The van der Waals surface area contributed by atoms with E-state index in [1.807, 2.05) is 0 Å². The largest absolute Gasteiger partial charge is 0.295 e. The van der Waals surface area contributed by atoms with E-state index >= 15 is 0 Å². The molecule has 0 aromatic carbocycles. The summed E-state index contributed by atoms with van der Waals surface area (Å²) < 4.78 is 0. The summed E-state index contributed by atoms with van der Waals surface area (Å²) in [5.41, 5.74) is 0. The lowest BCUT2D eigenvalue weighted by Gasteiger charge is -2.25. The van der Waals surface area contributed by atoms with Crippen LogP contribution in [0.3, 0.4) is 0 Å². The van der Waals surface area contributed by atoms with Crippen molar-refractivity contribution in [3.05, 3.63) is 12.7 Å². The summed E-state index contributed by atoms with van der Waals surface area (Å²) >= 11 is 0. The van der Waals surface area contributed by atoms with Gasteiger partial charge in [0.15, 0.2) is 0 Å². The first-order chi connectivity index (χ1) is 4.75. The fourth-order valence-electron chi connectivity index (χ4n) is 1.71. The lowest BCUT2D eigenvalue weighted by atomic mass is 10.2. The predicted molar refractivity (Wildman–Crippen MR) is 45.1 cm³/mol. The van der Waals surface area contributed by atoms with E-state index in [9.17, 15) is 0 Å². The zero-order valence-corrected chi connectivity index (χ0v) is 7.01. The van der Waals surface area contributed by atoms with Crippen molar-refractivity contribution in [3.63, 3.8) is 0 Å². The molecule has 10 heavy (non-hydrogen) atoms. The Morgan fingerprint density at radius 2 is 2.30 bits per heavy atom. The molecule has 1 rings (SSSR count). The van der Waals surface area contributed by atoms with Crippen molar-refractivity contribution in [2.24, 2.45) is 0 Å². The molecule has 0 aromatic heterocycles. The molecule has 0 radical (unpaired) electrons. The van der Waals surface area contributed by atoms with E-state index in [-0.39, 0.29) is 0 Å². The van der Waals surface area contributed by atoms with Gasteiger partial charge in [0.25, 0.3) is 0 Å². The number of hydrogen-bond donors (Lipinski definition) is 0. The lowest BCUT2D eigenvalue weighted by molar-refractivity contribution is 0.234. The Morgan fingerprint density at radius 3 is 2.70 bits per heavy atom. The summed E-state index contributed by atoms with van der Waals surface area (Å²) in [4.78, 5) is 2.51. The van der Waals surface area contributed by atoms with E-state index in [0.717, 1.165) is 0 Å². The van der Waals surface area contributed by atoms with Crippen molar-refractivity contribution >= 4 is 0 Å². The fraction of sp³-hybridized carbons (Fsp3) is 0.778. The van der Waals surface area contributed by atoms with Crippen molar-refractivity contribution < 1.29 is 0 Å². The minimum absolute atomic E-state index is 0.653. The molecule has 1 heteroatoms. The van der Waals surface area contributed by atoms with Crippen LogP contribution in [0.2, 0.25) is 0 Å². The first-order valence-corrected chi connectivity index (χ1v) is 4.14. The van der Waals surface area contributed by atoms with E-state index in [1.54, 1.807) is 0 Å². The Balaban J connectivity index is 2.49. The summed E-state index contributed by atoms with van der Waals surface area (Å²) in [6.07, 6.45) is 4.73. The van der Waals surface area contributed by atoms with Crippen LogP contribution in [-0.2, 0) is 0 Å². The molecule has 0 aromatic rings. The van der Waals surface area contributed by atoms with Gasteiger partial charge >= 0.3 is 0 Å². The van der Waals surface area contributed by atoms with Gasteiger partial charge in [0.2, 0.25) is 0 Å². The first kappa shape index (κ1) is 7.80. The standard InChI is InChI=1S/C9H17N/c1-4-9-6-5-7-10(9)8(2)3/h4,8-9H,1,5-7H2,2-3H3. The molecule has 0 saturated carbocycles. The highest BCUT2D eigenvalue weighted by Gasteiger charge is 2.23. The molecular weight excluding hydrogens is 122 g/mol. The fourth-order valence-corrected chi connectivity index (χ4v) is 1.71. The van der Waals surface area contributed by atoms with Crippen LogP contribution in [0.1, 0.15) is 26.7 Å². The van der Waals surface area contributed by atoms with E-state index in [2.05, 4.69) is 31.4 Å². The van der Waals surface area contributed by atoms with Gasteiger partial charge in [-0.1, -0.05) is 6.08 Å². The third-order valence-corrected chi connectivity index (χ3v) is 2.28. The van der Waals surface area contributed by atoms with Crippen molar-refractivity contribution in [1.82, 2.24) is 4.90 Å². The highest BCUT2D eigenvalue weighted by Crippen LogP contribution is 2.19. The van der Waals surface area contributed by atoms with Crippen LogP contribution >= 0.6 is 0 Å². The molecule has 1 nitrogen and oxygen atoms in total. The maximum absolute atomic E-state index is 3.83. The Kier molecular flexibility index (Phi) is 2.50. The van der Waals surface area contributed by atoms with Crippen molar-refractivity contribution in [2.45, 2.75) is 38.8 Å². The molecule has 1 atom stereocenters. The van der Waals surface area contributed by atoms with Crippen LogP contribution in [0, 0.1) is 0 Å². The Labute approximate surface area is 63.7 Å². The van der Waals surface area contributed by atoms with Crippen molar-refractivity contribution in [1.29, 1.82) is 0 Å².